The van der Waals surface area contributed by atoms with E-state index in [2.05, 4.69) is 0 Å². The quantitative estimate of drug-likeness (QED) is 0.817. The van der Waals surface area contributed by atoms with E-state index in [0.29, 0.717) is 6.42 Å². The van der Waals surface area contributed by atoms with E-state index < -0.39 is 28.1 Å². The van der Waals surface area contributed by atoms with Crippen LogP contribution in [0.5, 0.6) is 0 Å². The first-order chi connectivity index (χ1) is 10.9. The molecular formula is C15H18N2O5S. The van der Waals surface area contributed by atoms with Crippen LogP contribution < -0.4 is 0 Å². The third-order valence-electron chi connectivity index (χ3n) is 4.25. The average molecular weight is 338 g/mol. The first-order valence-corrected chi connectivity index (χ1v) is 8.95. The van der Waals surface area contributed by atoms with Gasteiger partial charge in [-0.05, 0) is 30.5 Å². The van der Waals surface area contributed by atoms with Crippen molar-refractivity contribution in [2.45, 2.75) is 30.7 Å². The summed E-state index contributed by atoms with van der Waals surface area (Å²) < 4.78 is 31.3. The summed E-state index contributed by atoms with van der Waals surface area (Å²) >= 11 is 0. The van der Waals surface area contributed by atoms with E-state index in [1.807, 2.05) is 6.92 Å². The minimum Gasteiger partial charge on any atom is -0.439 e. The zero-order chi connectivity index (χ0) is 16.6. The number of sulfonamides is 1. The van der Waals surface area contributed by atoms with Crippen LogP contribution in [-0.4, -0.2) is 55.4 Å². The summed E-state index contributed by atoms with van der Waals surface area (Å²) in [5.41, 5.74) is 1.06. The third-order valence-corrected chi connectivity index (χ3v) is 6.12. The van der Waals surface area contributed by atoms with Gasteiger partial charge >= 0.3 is 6.09 Å². The van der Waals surface area contributed by atoms with Crippen LogP contribution in [-0.2, 0) is 26.0 Å². The smallest absolute Gasteiger partial charge is 0.417 e. The van der Waals surface area contributed by atoms with Crippen LogP contribution in [0.2, 0.25) is 0 Å². The molecule has 2 heterocycles. The summed E-state index contributed by atoms with van der Waals surface area (Å²) in [4.78, 5) is 24.5. The first-order valence-electron chi connectivity index (χ1n) is 7.51. The van der Waals surface area contributed by atoms with Gasteiger partial charge in [-0.2, -0.15) is 4.31 Å². The van der Waals surface area contributed by atoms with Gasteiger partial charge in [-0.1, -0.05) is 19.1 Å². The summed E-state index contributed by atoms with van der Waals surface area (Å²) in [6.45, 7) is 2.12. The summed E-state index contributed by atoms with van der Waals surface area (Å²) in [6, 6.07) is 6.32. The minimum absolute atomic E-state index is 0.110. The molecular weight excluding hydrogens is 320 g/mol. The standard InChI is InChI=1S/C15H18N2O5S/c1-2-11-3-5-13(6-4-11)23(20,21)16-8-7-12(9-16)17-14(18)10-22-15(17)19/h3-6,12H,2,7-10H2,1H3. The summed E-state index contributed by atoms with van der Waals surface area (Å²) in [5, 5.41) is 0. The average Bonchev–Trinajstić information content (AvgIpc) is 3.14. The largest absolute Gasteiger partial charge is 0.439 e. The van der Waals surface area contributed by atoms with Gasteiger partial charge < -0.3 is 4.74 Å². The van der Waals surface area contributed by atoms with Crippen molar-refractivity contribution < 1.29 is 22.7 Å². The van der Waals surface area contributed by atoms with Gasteiger partial charge in [0, 0.05) is 13.1 Å². The second-order valence-corrected chi connectivity index (χ2v) is 7.56. The monoisotopic (exact) mass is 338 g/mol. The highest BCUT2D eigenvalue weighted by Gasteiger charge is 2.43. The minimum atomic E-state index is -3.62. The van der Waals surface area contributed by atoms with Crippen molar-refractivity contribution in [3.8, 4) is 0 Å². The second-order valence-electron chi connectivity index (χ2n) is 5.62. The molecule has 1 aromatic carbocycles. The van der Waals surface area contributed by atoms with E-state index in [0.717, 1.165) is 16.9 Å². The Morgan fingerprint density at radius 1 is 1.22 bits per heavy atom. The number of carbonyl (C=O) groups excluding carboxylic acids is 2. The second kappa shape index (κ2) is 5.93. The van der Waals surface area contributed by atoms with Crippen molar-refractivity contribution >= 4 is 22.0 Å². The highest BCUT2D eigenvalue weighted by atomic mass is 32.2. The molecule has 0 N–H and O–H groups in total. The highest BCUT2D eigenvalue weighted by Crippen LogP contribution is 2.25. The third kappa shape index (κ3) is 2.84. The topological polar surface area (TPSA) is 84.0 Å². The number of ether oxygens (including phenoxy) is 1. The van der Waals surface area contributed by atoms with E-state index in [-0.39, 0.29) is 24.6 Å². The summed E-state index contributed by atoms with van der Waals surface area (Å²) in [7, 11) is -3.62. The first kappa shape index (κ1) is 15.9. The van der Waals surface area contributed by atoms with Crippen molar-refractivity contribution in [3.05, 3.63) is 29.8 Å². The Kier molecular flexibility index (Phi) is 4.11. The van der Waals surface area contributed by atoms with E-state index in [1.54, 1.807) is 24.3 Å². The fourth-order valence-corrected chi connectivity index (χ4v) is 4.40. The van der Waals surface area contributed by atoms with E-state index in [1.165, 1.54) is 4.31 Å². The lowest BCUT2D eigenvalue weighted by Crippen LogP contribution is -2.42. The fourth-order valence-electron chi connectivity index (χ4n) is 2.90. The van der Waals surface area contributed by atoms with Crippen LogP contribution in [0.25, 0.3) is 0 Å². The molecule has 0 aliphatic carbocycles. The number of rotatable bonds is 4. The molecule has 8 heteroatoms. The lowest BCUT2D eigenvalue weighted by Gasteiger charge is -2.20. The van der Waals surface area contributed by atoms with Crippen molar-refractivity contribution in [1.29, 1.82) is 0 Å². The molecule has 124 valence electrons. The molecule has 0 spiro atoms. The molecule has 1 unspecified atom stereocenters. The lowest BCUT2D eigenvalue weighted by atomic mass is 10.2. The Morgan fingerprint density at radius 3 is 2.48 bits per heavy atom. The van der Waals surface area contributed by atoms with Gasteiger partial charge in [0.2, 0.25) is 10.0 Å². The molecule has 1 atom stereocenters. The van der Waals surface area contributed by atoms with E-state index >= 15 is 0 Å². The summed E-state index contributed by atoms with van der Waals surface area (Å²) in [6.07, 6.45) is 0.574. The number of aryl methyl sites for hydroxylation is 1. The predicted molar refractivity (Wildman–Crippen MR) is 81.2 cm³/mol. The maximum Gasteiger partial charge on any atom is 0.417 e. The van der Waals surface area contributed by atoms with Crippen molar-refractivity contribution in [2.24, 2.45) is 0 Å². The number of amides is 2. The molecule has 23 heavy (non-hydrogen) atoms. The van der Waals surface area contributed by atoms with Crippen LogP contribution in [0.3, 0.4) is 0 Å². The number of benzene rings is 1. The molecule has 2 saturated heterocycles. The maximum absolute atomic E-state index is 12.7. The SMILES string of the molecule is CCc1ccc(S(=O)(=O)N2CCC(N3C(=O)COC3=O)C2)cc1. The lowest BCUT2D eigenvalue weighted by molar-refractivity contribution is -0.127. The highest BCUT2D eigenvalue weighted by molar-refractivity contribution is 7.89. The summed E-state index contributed by atoms with van der Waals surface area (Å²) in [5.74, 6) is -0.411. The molecule has 2 aliphatic rings. The van der Waals surface area contributed by atoms with E-state index in [9.17, 15) is 18.0 Å². The molecule has 2 aliphatic heterocycles. The van der Waals surface area contributed by atoms with Gasteiger partial charge in [-0.3, -0.25) is 4.79 Å². The molecule has 2 fully saturated rings. The molecule has 0 radical (unpaired) electrons. The Bertz CT molecular complexity index is 713. The van der Waals surface area contributed by atoms with Gasteiger partial charge in [0.15, 0.2) is 6.61 Å². The Hall–Kier alpha value is -1.93. The van der Waals surface area contributed by atoms with Crippen LogP contribution in [0, 0.1) is 0 Å². The van der Waals surface area contributed by atoms with Gasteiger partial charge in [-0.25, -0.2) is 18.1 Å². The zero-order valence-corrected chi connectivity index (χ0v) is 13.6. The Labute approximate surface area is 134 Å². The van der Waals surface area contributed by atoms with Gasteiger partial charge in [0.05, 0.1) is 10.9 Å². The van der Waals surface area contributed by atoms with Crippen LogP contribution in [0.15, 0.2) is 29.2 Å². The molecule has 0 bridgehead atoms. The molecule has 0 saturated carbocycles. The normalized spacial score (nSPS) is 22.7. The zero-order valence-electron chi connectivity index (χ0n) is 12.8. The number of hydrogen-bond donors (Lipinski definition) is 0. The molecule has 3 rings (SSSR count). The van der Waals surface area contributed by atoms with Crippen molar-refractivity contribution in [1.82, 2.24) is 9.21 Å². The van der Waals surface area contributed by atoms with Gasteiger partial charge in [-0.15, -0.1) is 0 Å². The number of cyclic esters (lactones) is 1. The van der Waals surface area contributed by atoms with Crippen LogP contribution in [0.4, 0.5) is 4.79 Å². The van der Waals surface area contributed by atoms with E-state index in [4.69, 9.17) is 4.74 Å². The number of imide groups is 1. The van der Waals surface area contributed by atoms with Gasteiger partial charge in [0.25, 0.3) is 5.91 Å². The number of hydrogen-bond acceptors (Lipinski definition) is 5. The van der Waals surface area contributed by atoms with Crippen molar-refractivity contribution in [3.63, 3.8) is 0 Å². The number of carbonyl (C=O) groups is 2. The Balaban J connectivity index is 1.77. The fraction of sp³-hybridized carbons (Fsp3) is 0.467. The van der Waals surface area contributed by atoms with Crippen LogP contribution >= 0.6 is 0 Å². The molecule has 7 nitrogen and oxygen atoms in total. The molecule has 0 aromatic heterocycles. The maximum atomic E-state index is 12.7. The number of nitrogens with zero attached hydrogens (tertiary/aromatic N) is 2. The molecule has 1 aromatic rings. The van der Waals surface area contributed by atoms with Crippen LogP contribution in [0.1, 0.15) is 18.9 Å². The molecule has 2 amide bonds. The van der Waals surface area contributed by atoms with Gasteiger partial charge in [0.1, 0.15) is 0 Å². The predicted octanol–water partition coefficient (Wildman–Crippen LogP) is 0.991. The van der Waals surface area contributed by atoms with Crippen molar-refractivity contribution in [2.75, 3.05) is 19.7 Å². The Morgan fingerprint density at radius 2 is 1.91 bits per heavy atom.